The number of rotatable bonds is 6. The SMILES string of the molecule is COc1cc(NC(=O)[C@H]2CN(S(=O)(=O)C3CC3)CC23CCCCC3)cc(OC)c1. The minimum atomic E-state index is -3.29. The Morgan fingerprint density at radius 1 is 1.07 bits per heavy atom. The zero-order valence-corrected chi connectivity index (χ0v) is 18.0. The molecule has 3 fully saturated rings. The van der Waals surface area contributed by atoms with Crippen LogP contribution in [0.2, 0.25) is 0 Å². The van der Waals surface area contributed by atoms with Gasteiger partial charge < -0.3 is 14.8 Å². The van der Waals surface area contributed by atoms with Crippen LogP contribution in [0.15, 0.2) is 18.2 Å². The lowest BCUT2D eigenvalue weighted by Gasteiger charge is -2.37. The largest absolute Gasteiger partial charge is 0.497 e. The number of carbonyl (C=O) groups excluding carboxylic acids is 1. The predicted molar refractivity (Wildman–Crippen MR) is 111 cm³/mol. The van der Waals surface area contributed by atoms with Crippen molar-refractivity contribution in [3.8, 4) is 11.5 Å². The van der Waals surface area contributed by atoms with Gasteiger partial charge in [0.25, 0.3) is 0 Å². The van der Waals surface area contributed by atoms with E-state index in [9.17, 15) is 13.2 Å². The quantitative estimate of drug-likeness (QED) is 0.762. The van der Waals surface area contributed by atoms with Crippen LogP contribution in [0.4, 0.5) is 5.69 Å². The fourth-order valence-corrected chi connectivity index (χ4v) is 6.87. The van der Waals surface area contributed by atoms with Gasteiger partial charge in [-0.05, 0) is 31.1 Å². The molecule has 1 amide bonds. The van der Waals surface area contributed by atoms with Gasteiger partial charge >= 0.3 is 0 Å². The lowest BCUT2D eigenvalue weighted by molar-refractivity contribution is -0.123. The van der Waals surface area contributed by atoms with Gasteiger partial charge in [-0.1, -0.05) is 19.3 Å². The highest BCUT2D eigenvalue weighted by molar-refractivity contribution is 7.90. The second-order valence-corrected chi connectivity index (χ2v) is 10.8. The molecule has 3 aliphatic rings. The summed E-state index contributed by atoms with van der Waals surface area (Å²) in [6.45, 7) is 0.761. The highest BCUT2D eigenvalue weighted by Crippen LogP contribution is 2.50. The molecule has 1 saturated heterocycles. The number of nitrogens with one attached hydrogen (secondary N) is 1. The van der Waals surface area contributed by atoms with Gasteiger partial charge in [0.15, 0.2) is 0 Å². The molecular formula is C21H30N2O5S. The summed E-state index contributed by atoms with van der Waals surface area (Å²) in [6, 6.07) is 5.25. The minimum absolute atomic E-state index is 0.115. The number of benzene rings is 1. The van der Waals surface area contributed by atoms with E-state index in [1.165, 1.54) is 0 Å². The number of carbonyl (C=O) groups is 1. The maximum atomic E-state index is 13.3. The van der Waals surface area contributed by atoms with Crippen LogP contribution in [0.1, 0.15) is 44.9 Å². The molecule has 160 valence electrons. The number of ether oxygens (including phenoxy) is 2. The van der Waals surface area contributed by atoms with Gasteiger partial charge in [0.1, 0.15) is 11.5 Å². The molecule has 4 rings (SSSR count). The molecule has 0 radical (unpaired) electrons. The third kappa shape index (κ3) is 3.97. The molecule has 7 nitrogen and oxygen atoms in total. The first-order valence-electron chi connectivity index (χ1n) is 10.4. The smallest absolute Gasteiger partial charge is 0.229 e. The number of hydrogen-bond donors (Lipinski definition) is 1. The molecule has 1 aliphatic heterocycles. The van der Waals surface area contributed by atoms with Crippen LogP contribution in [0.25, 0.3) is 0 Å². The van der Waals surface area contributed by atoms with E-state index < -0.39 is 10.0 Å². The fraction of sp³-hybridized carbons (Fsp3) is 0.667. The van der Waals surface area contributed by atoms with Crippen molar-refractivity contribution >= 4 is 21.6 Å². The van der Waals surface area contributed by atoms with E-state index in [1.807, 2.05) is 0 Å². The van der Waals surface area contributed by atoms with Gasteiger partial charge in [-0.3, -0.25) is 4.79 Å². The molecule has 1 atom stereocenters. The normalized spacial score (nSPS) is 24.4. The summed E-state index contributed by atoms with van der Waals surface area (Å²) < 4.78 is 37.9. The Labute approximate surface area is 172 Å². The van der Waals surface area contributed by atoms with Gasteiger partial charge in [-0.15, -0.1) is 0 Å². The van der Waals surface area contributed by atoms with Crippen LogP contribution < -0.4 is 14.8 Å². The number of anilines is 1. The van der Waals surface area contributed by atoms with Gasteiger partial charge in [0, 0.05) is 37.0 Å². The van der Waals surface area contributed by atoms with Crippen molar-refractivity contribution < 1.29 is 22.7 Å². The average molecular weight is 423 g/mol. The second-order valence-electron chi connectivity index (χ2n) is 8.60. The lowest BCUT2D eigenvalue weighted by atomic mass is 9.67. The summed E-state index contributed by atoms with van der Waals surface area (Å²) in [5.74, 6) is 0.733. The maximum Gasteiger partial charge on any atom is 0.229 e. The summed E-state index contributed by atoms with van der Waals surface area (Å²) in [5, 5.41) is 2.76. The molecule has 0 bridgehead atoms. The van der Waals surface area contributed by atoms with Crippen LogP contribution in [0.3, 0.4) is 0 Å². The van der Waals surface area contributed by atoms with Crippen LogP contribution >= 0.6 is 0 Å². The van der Waals surface area contributed by atoms with Crippen molar-refractivity contribution in [3.63, 3.8) is 0 Å². The van der Waals surface area contributed by atoms with Gasteiger partial charge in [-0.2, -0.15) is 0 Å². The topological polar surface area (TPSA) is 84.9 Å². The summed E-state index contributed by atoms with van der Waals surface area (Å²) >= 11 is 0. The van der Waals surface area contributed by atoms with Crippen LogP contribution in [0.5, 0.6) is 11.5 Å². The molecule has 1 aromatic carbocycles. The third-order valence-electron chi connectivity index (χ3n) is 6.71. The van der Waals surface area contributed by atoms with E-state index in [4.69, 9.17) is 9.47 Å². The van der Waals surface area contributed by atoms with Gasteiger partial charge in [-0.25, -0.2) is 12.7 Å². The molecule has 1 aromatic rings. The Morgan fingerprint density at radius 2 is 1.69 bits per heavy atom. The molecule has 0 aromatic heterocycles. The average Bonchev–Trinajstić information content (AvgIpc) is 3.52. The van der Waals surface area contributed by atoms with Crippen molar-refractivity contribution in [2.45, 2.75) is 50.2 Å². The van der Waals surface area contributed by atoms with Crippen molar-refractivity contribution in [1.82, 2.24) is 4.31 Å². The Bertz CT molecular complexity index is 853. The molecule has 8 heteroatoms. The van der Waals surface area contributed by atoms with Gasteiger partial charge in [0.05, 0.1) is 25.4 Å². The first-order valence-corrected chi connectivity index (χ1v) is 11.9. The number of hydrogen-bond acceptors (Lipinski definition) is 5. The van der Waals surface area contributed by atoms with E-state index >= 15 is 0 Å². The molecular weight excluding hydrogens is 392 g/mol. The van der Waals surface area contributed by atoms with Crippen LogP contribution in [-0.4, -0.2) is 51.2 Å². The minimum Gasteiger partial charge on any atom is -0.497 e. The Balaban J connectivity index is 1.58. The molecule has 2 aliphatic carbocycles. The van der Waals surface area contributed by atoms with E-state index in [0.29, 0.717) is 23.7 Å². The van der Waals surface area contributed by atoms with E-state index in [2.05, 4.69) is 5.32 Å². The molecule has 1 spiro atoms. The van der Waals surface area contributed by atoms with Crippen molar-refractivity contribution in [2.24, 2.45) is 11.3 Å². The second kappa shape index (κ2) is 7.80. The summed E-state index contributed by atoms with van der Waals surface area (Å²) in [7, 11) is -0.159. The third-order valence-corrected chi connectivity index (χ3v) is 9.02. The zero-order valence-electron chi connectivity index (χ0n) is 17.1. The standard InChI is InChI=1S/C21H30N2O5S/c1-27-16-10-15(11-17(12-16)28-2)22-20(24)19-13-23(29(25,26)18-6-7-18)14-21(19)8-4-3-5-9-21/h10-12,18-19H,3-9,13-14H2,1-2H3,(H,22,24)/t19-/m1/s1. The molecule has 0 unspecified atom stereocenters. The van der Waals surface area contributed by atoms with Crippen molar-refractivity contribution in [2.75, 3.05) is 32.6 Å². The lowest BCUT2D eigenvalue weighted by Crippen LogP contribution is -2.39. The summed E-state index contributed by atoms with van der Waals surface area (Å²) in [5.41, 5.74) is 0.341. The Hall–Kier alpha value is -1.80. The predicted octanol–water partition coefficient (Wildman–Crippen LogP) is 3.02. The molecule has 29 heavy (non-hydrogen) atoms. The van der Waals surface area contributed by atoms with E-state index in [0.717, 1.165) is 44.9 Å². The van der Waals surface area contributed by atoms with E-state index in [-0.39, 0.29) is 29.0 Å². The first kappa shape index (κ1) is 20.5. The number of methoxy groups -OCH3 is 2. The highest BCUT2D eigenvalue weighted by atomic mass is 32.2. The Morgan fingerprint density at radius 3 is 2.24 bits per heavy atom. The first-order chi connectivity index (χ1) is 13.9. The maximum absolute atomic E-state index is 13.3. The fourth-order valence-electron chi connectivity index (χ4n) is 4.93. The zero-order chi connectivity index (χ0) is 20.6. The molecule has 1 heterocycles. The van der Waals surface area contributed by atoms with Crippen molar-refractivity contribution in [3.05, 3.63) is 18.2 Å². The van der Waals surface area contributed by atoms with E-state index in [1.54, 1.807) is 36.7 Å². The number of nitrogens with zero attached hydrogens (tertiary/aromatic N) is 1. The summed E-state index contributed by atoms with van der Waals surface area (Å²) in [4.78, 5) is 13.3. The molecule has 2 saturated carbocycles. The van der Waals surface area contributed by atoms with Gasteiger partial charge in [0.2, 0.25) is 15.9 Å². The highest BCUT2D eigenvalue weighted by Gasteiger charge is 2.55. The monoisotopic (exact) mass is 422 g/mol. The van der Waals surface area contributed by atoms with Crippen molar-refractivity contribution in [1.29, 1.82) is 0 Å². The molecule has 1 N–H and O–H groups in total. The number of amides is 1. The van der Waals surface area contributed by atoms with Crippen LogP contribution in [0, 0.1) is 11.3 Å². The number of sulfonamides is 1. The summed E-state index contributed by atoms with van der Waals surface area (Å²) in [6.07, 6.45) is 6.55. The Kier molecular flexibility index (Phi) is 5.50. The van der Waals surface area contributed by atoms with Crippen LogP contribution in [-0.2, 0) is 14.8 Å².